The van der Waals surface area contributed by atoms with Gasteiger partial charge in [-0.1, -0.05) is 24.1 Å². The van der Waals surface area contributed by atoms with Crippen molar-refractivity contribution in [2.75, 3.05) is 44.3 Å². The van der Waals surface area contributed by atoms with Gasteiger partial charge in [0.2, 0.25) is 0 Å². The predicted molar refractivity (Wildman–Crippen MR) is 97.2 cm³/mol. The Kier molecular flexibility index (Phi) is 4.65. The van der Waals surface area contributed by atoms with Crippen molar-refractivity contribution < 1.29 is 14.6 Å². The zero-order valence-corrected chi connectivity index (χ0v) is 15.2. The van der Waals surface area contributed by atoms with E-state index < -0.39 is 11.4 Å². The van der Waals surface area contributed by atoms with Gasteiger partial charge in [0.25, 0.3) is 0 Å². The second-order valence-corrected chi connectivity index (χ2v) is 7.96. The van der Waals surface area contributed by atoms with E-state index in [0.29, 0.717) is 6.54 Å². The lowest BCUT2D eigenvalue weighted by molar-refractivity contribution is -0.149. The van der Waals surface area contributed by atoms with E-state index >= 15 is 0 Å². The third-order valence-electron chi connectivity index (χ3n) is 6.19. The number of nitrogens with zero attached hydrogens (tertiary/aromatic N) is 2. The fourth-order valence-electron chi connectivity index (χ4n) is 4.89. The number of ether oxygens (including phenoxy) is 1. The standard InChI is InChI=1S/C19H25ClN2O3/c20-16-4-1-5-17(22-7-9-25-10-8-22)15(16)12-21-11-14-3-2-6-19(14,13-21)18(23)24/h1,4-5,14H,2-3,6-13H2,(H,23,24)/t14-,19+/m0/s1. The summed E-state index contributed by atoms with van der Waals surface area (Å²) < 4.78 is 5.46. The zero-order chi connectivity index (χ0) is 17.4. The summed E-state index contributed by atoms with van der Waals surface area (Å²) >= 11 is 6.54. The molecular weight excluding hydrogens is 340 g/mol. The molecule has 2 atom stereocenters. The molecule has 136 valence electrons. The molecule has 5 nitrogen and oxygen atoms in total. The number of aliphatic carboxylic acids is 1. The number of carboxylic acid groups (broad SMARTS) is 1. The van der Waals surface area contributed by atoms with E-state index in [9.17, 15) is 9.90 Å². The lowest BCUT2D eigenvalue weighted by Gasteiger charge is -2.32. The minimum absolute atomic E-state index is 0.277. The number of anilines is 1. The summed E-state index contributed by atoms with van der Waals surface area (Å²) in [6.45, 7) is 5.43. The molecule has 1 N–H and O–H groups in total. The Morgan fingerprint density at radius 3 is 2.88 bits per heavy atom. The second-order valence-electron chi connectivity index (χ2n) is 7.56. The average Bonchev–Trinajstić information content (AvgIpc) is 3.15. The first-order valence-corrected chi connectivity index (χ1v) is 9.54. The minimum Gasteiger partial charge on any atom is -0.481 e. The zero-order valence-electron chi connectivity index (χ0n) is 14.4. The van der Waals surface area contributed by atoms with Gasteiger partial charge in [-0.2, -0.15) is 0 Å². The van der Waals surface area contributed by atoms with Crippen molar-refractivity contribution in [2.45, 2.75) is 25.8 Å². The largest absolute Gasteiger partial charge is 0.481 e. The van der Waals surface area contributed by atoms with Crippen LogP contribution in [0.2, 0.25) is 5.02 Å². The van der Waals surface area contributed by atoms with E-state index in [0.717, 1.165) is 74.9 Å². The highest BCUT2D eigenvalue weighted by Gasteiger charge is 2.54. The lowest BCUT2D eigenvalue weighted by Crippen LogP contribution is -2.37. The van der Waals surface area contributed by atoms with Gasteiger partial charge in [-0.15, -0.1) is 0 Å². The van der Waals surface area contributed by atoms with Gasteiger partial charge in [-0.3, -0.25) is 9.69 Å². The van der Waals surface area contributed by atoms with Crippen molar-refractivity contribution in [1.82, 2.24) is 4.90 Å². The molecule has 25 heavy (non-hydrogen) atoms. The van der Waals surface area contributed by atoms with Gasteiger partial charge in [0.15, 0.2) is 0 Å². The van der Waals surface area contributed by atoms with Crippen molar-refractivity contribution in [3.8, 4) is 0 Å². The van der Waals surface area contributed by atoms with Gasteiger partial charge >= 0.3 is 5.97 Å². The van der Waals surface area contributed by atoms with Crippen molar-refractivity contribution in [2.24, 2.45) is 11.3 Å². The predicted octanol–water partition coefficient (Wildman–Crippen LogP) is 2.86. The Hall–Kier alpha value is -1.30. The Morgan fingerprint density at radius 1 is 1.36 bits per heavy atom. The van der Waals surface area contributed by atoms with Crippen LogP contribution in [-0.2, 0) is 16.1 Å². The average molecular weight is 365 g/mol. The van der Waals surface area contributed by atoms with Gasteiger partial charge in [0.1, 0.15) is 0 Å². The van der Waals surface area contributed by atoms with Gasteiger partial charge in [0, 0.05) is 49.0 Å². The molecule has 2 saturated heterocycles. The first-order valence-electron chi connectivity index (χ1n) is 9.16. The molecule has 1 aromatic rings. The summed E-state index contributed by atoms with van der Waals surface area (Å²) in [6.07, 6.45) is 2.87. The molecule has 0 radical (unpaired) electrons. The Balaban J connectivity index is 1.56. The fourth-order valence-corrected chi connectivity index (χ4v) is 5.12. The normalized spacial score (nSPS) is 29.8. The molecule has 0 unspecified atom stereocenters. The van der Waals surface area contributed by atoms with Crippen LogP contribution in [-0.4, -0.2) is 55.4 Å². The number of likely N-dealkylation sites (tertiary alicyclic amines) is 1. The lowest BCUT2D eigenvalue weighted by atomic mass is 9.81. The molecule has 3 fully saturated rings. The van der Waals surface area contributed by atoms with Crippen LogP contribution >= 0.6 is 11.6 Å². The fraction of sp³-hybridized carbons (Fsp3) is 0.632. The van der Waals surface area contributed by atoms with Gasteiger partial charge in [0.05, 0.1) is 18.6 Å². The Labute approximate surface area is 153 Å². The molecule has 0 aromatic heterocycles. The molecular formula is C19H25ClN2O3. The Morgan fingerprint density at radius 2 is 2.16 bits per heavy atom. The van der Waals surface area contributed by atoms with Crippen LogP contribution in [0.3, 0.4) is 0 Å². The molecule has 0 bridgehead atoms. The van der Waals surface area contributed by atoms with Crippen LogP contribution in [0, 0.1) is 11.3 Å². The summed E-state index contributed by atoms with van der Waals surface area (Å²) in [5, 5.41) is 10.6. The summed E-state index contributed by atoms with van der Waals surface area (Å²) in [4.78, 5) is 16.5. The third kappa shape index (κ3) is 3.03. The van der Waals surface area contributed by atoms with Crippen molar-refractivity contribution in [1.29, 1.82) is 0 Å². The monoisotopic (exact) mass is 364 g/mol. The quantitative estimate of drug-likeness (QED) is 0.890. The van der Waals surface area contributed by atoms with Crippen LogP contribution in [0.15, 0.2) is 18.2 Å². The van der Waals surface area contributed by atoms with Crippen LogP contribution in [0.25, 0.3) is 0 Å². The maximum Gasteiger partial charge on any atom is 0.311 e. The number of morpholine rings is 1. The summed E-state index contributed by atoms with van der Waals surface area (Å²) in [7, 11) is 0. The highest BCUT2D eigenvalue weighted by molar-refractivity contribution is 6.31. The summed E-state index contributed by atoms with van der Waals surface area (Å²) in [5.74, 6) is -0.343. The number of rotatable bonds is 4. The highest BCUT2D eigenvalue weighted by Crippen LogP contribution is 2.49. The van der Waals surface area contributed by atoms with E-state index in [-0.39, 0.29) is 5.92 Å². The summed E-state index contributed by atoms with van der Waals surface area (Å²) in [6, 6.07) is 6.05. The van der Waals surface area contributed by atoms with E-state index in [1.165, 1.54) is 0 Å². The number of halogens is 1. The Bertz CT molecular complexity index is 662. The molecule has 0 spiro atoms. The van der Waals surface area contributed by atoms with Gasteiger partial charge in [-0.05, 0) is 30.9 Å². The molecule has 4 rings (SSSR count). The first-order chi connectivity index (χ1) is 12.1. The maximum absolute atomic E-state index is 11.9. The smallest absolute Gasteiger partial charge is 0.311 e. The number of hydrogen-bond acceptors (Lipinski definition) is 4. The SMILES string of the molecule is O=C(O)[C@@]12CCC[C@H]1CN(Cc1c(Cl)cccc1N1CCOCC1)C2. The number of carbonyl (C=O) groups is 1. The van der Waals surface area contributed by atoms with Gasteiger partial charge in [-0.25, -0.2) is 0 Å². The third-order valence-corrected chi connectivity index (χ3v) is 6.55. The molecule has 1 aliphatic carbocycles. The highest BCUT2D eigenvalue weighted by atomic mass is 35.5. The molecule has 2 heterocycles. The van der Waals surface area contributed by atoms with E-state index in [4.69, 9.17) is 16.3 Å². The number of benzene rings is 1. The van der Waals surface area contributed by atoms with Gasteiger partial charge < -0.3 is 14.7 Å². The van der Waals surface area contributed by atoms with Crippen molar-refractivity contribution >= 4 is 23.3 Å². The first kappa shape index (κ1) is 17.1. The van der Waals surface area contributed by atoms with E-state index in [2.05, 4.69) is 15.9 Å². The molecule has 1 saturated carbocycles. The van der Waals surface area contributed by atoms with Crippen molar-refractivity contribution in [3.05, 3.63) is 28.8 Å². The number of carboxylic acids is 1. The molecule has 1 aromatic carbocycles. The molecule has 0 amide bonds. The second kappa shape index (κ2) is 6.78. The molecule has 3 aliphatic rings. The van der Waals surface area contributed by atoms with Crippen LogP contribution in [0.4, 0.5) is 5.69 Å². The number of fused-ring (bicyclic) bond motifs is 1. The van der Waals surface area contributed by atoms with E-state index in [1.54, 1.807) is 0 Å². The summed E-state index contributed by atoms with van der Waals surface area (Å²) in [5.41, 5.74) is 1.74. The minimum atomic E-state index is -0.620. The number of hydrogen-bond donors (Lipinski definition) is 1. The van der Waals surface area contributed by atoms with E-state index in [1.807, 2.05) is 12.1 Å². The molecule has 2 aliphatic heterocycles. The maximum atomic E-state index is 11.9. The van der Waals surface area contributed by atoms with Crippen LogP contribution in [0.1, 0.15) is 24.8 Å². The van der Waals surface area contributed by atoms with Crippen LogP contribution in [0.5, 0.6) is 0 Å². The van der Waals surface area contributed by atoms with Crippen LogP contribution < -0.4 is 4.90 Å². The van der Waals surface area contributed by atoms with Crippen molar-refractivity contribution in [3.63, 3.8) is 0 Å². The molecule has 6 heteroatoms. The topological polar surface area (TPSA) is 53.0 Å².